The minimum atomic E-state index is -1.02. The summed E-state index contributed by atoms with van der Waals surface area (Å²) in [4.78, 5) is 4.41. The Bertz CT molecular complexity index is 491. The number of nitrogens with zero attached hydrogens (tertiary/aromatic N) is 1. The zero-order chi connectivity index (χ0) is 15.0. The largest absolute Gasteiger partial charge is 0.313 e. The lowest BCUT2D eigenvalue weighted by atomic mass is 10.0. The summed E-state index contributed by atoms with van der Waals surface area (Å²) in [6.45, 7) is 6.34. The van der Waals surface area contributed by atoms with Crippen LogP contribution in [0.2, 0.25) is 5.02 Å². The molecule has 2 heterocycles. The Hall–Kier alpha value is -0.750. The molecule has 1 aromatic heterocycles. The van der Waals surface area contributed by atoms with E-state index >= 15 is 0 Å². The molecule has 1 aliphatic rings. The Kier molecular flexibility index (Phi) is 7.99. The molecule has 112 valence electrons. The summed E-state index contributed by atoms with van der Waals surface area (Å²) < 4.78 is 13.8. The van der Waals surface area contributed by atoms with Gasteiger partial charge in [-0.05, 0) is 30.2 Å². The van der Waals surface area contributed by atoms with Crippen molar-refractivity contribution in [1.29, 1.82) is 0 Å². The third-order valence-corrected chi connectivity index (χ3v) is 3.58. The minimum Gasteiger partial charge on any atom is -0.313 e. The molecule has 0 radical (unpaired) electrons. The minimum absolute atomic E-state index is 0.511. The van der Waals surface area contributed by atoms with Gasteiger partial charge in [-0.3, -0.25) is 4.98 Å². The second-order valence-electron chi connectivity index (χ2n) is 4.13. The van der Waals surface area contributed by atoms with Gasteiger partial charge in [-0.15, -0.1) is 0 Å². The molecule has 0 spiro atoms. The lowest BCUT2D eigenvalue weighted by Gasteiger charge is -2.15. The molecule has 0 saturated heterocycles. The van der Waals surface area contributed by atoms with E-state index in [0.29, 0.717) is 11.6 Å². The smallest absolute Gasteiger partial charge is 0.0886 e. The Morgan fingerprint density at radius 1 is 1.50 bits per heavy atom. The van der Waals surface area contributed by atoms with Crippen LogP contribution in [0.1, 0.15) is 31.5 Å². The normalized spacial score (nSPS) is 15.9. The molecule has 0 amide bonds. The molecule has 4 nitrogen and oxygen atoms in total. The molecule has 1 unspecified atom stereocenters. The Balaban J connectivity index is 0.000000956. The van der Waals surface area contributed by atoms with E-state index in [-0.39, 0.29) is 0 Å². The number of halogens is 1. The third-order valence-electron chi connectivity index (χ3n) is 2.75. The van der Waals surface area contributed by atoms with Gasteiger partial charge in [-0.1, -0.05) is 31.5 Å². The summed E-state index contributed by atoms with van der Waals surface area (Å²) in [7, 11) is -1.02. The second kappa shape index (κ2) is 9.23. The van der Waals surface area contributed by atoms with Crippen molar-refractivity contribution in [3.8, 4) is 0 Å². The van der Waals surface area contributed by atoms with Gasteiger partial charge >= 0.3 is 0 Å². The summed E-state index contributed by atoms with van der Waals surface area (Å²) >= 11 is 6.25. The standard InChI is InChI=1S/C12H16ClN3OS.C2H6/c1-18(17)16-8-9-6-11(13)12(15-7-9)10-2-4-14-5-3-10;1-2/h2,6-7,14,16H,3-5,8H2,1H3;1-2H3. The summed E-state index contributed by atoms with van der Waals surface area (Å²) in [6, 6.07) is 1.88. The maximum Gasteiger partial charge on any atom is 0.0886 e. The van der Waals surface area contributed by atoms with Crippen molar-refractivity contribution in [2.24, 2.45) is 0 Å². The van der Waals surface area contributed by atoms with Crippen molar-refractivity contribution in [3.63, 3.8) is 0 Å². The average molecular weight is 316 g/mol. The van der Waals surface area contributed by atoms with E-state index in [1.54, 1.807) is 12.5 Å². The van der Waals surface area contributed by atoms with Crippen LogP contribution in [0.4, 0.5) is 0 Å². The van der Waals surface area contributed by atoms with Gasteiger partial charge < -0.3 is 5.32 Å². The van der Waals surface area contributed by atoms with Crippen molar-refractivity contribution in [2.45, 2.75) is 26.8 Å². The molecular weight excluding hydrogens is 294 g/mol. The number of hydrogen-bond donors (Lipinski definition) is 2. The Morgan fingerprint density at radius 2 is 2.25 bits per heavy atom. The summed E-state index contributed by atoms with van der Waals surface area (Å²) in [5.74, 6) is 0. The SMILES string of the molecule is CC.CS(=O)NCc1cnc(C2=CCNCC2)c(Cl)c1. The molecule has 2 rings (SSSR count). The predicted molar refractivity (Wildman–Crippen MR) is 87.0 cm³/mol. The molecule has 0 bridgehead atoms. The molecule has 0 aliphatic carbocycles. The van der Waals surface area contributed by atoms with E-state index in [9.17, 15) is 4.21 Å². The highest BCUT2D eigenvalue weighted by Crippen LogP contribution is 2.25. The number of rotatable bonds is 4. The van der Waals surface area contributed by atoms with Crippen LogP contribution in [-0.4, -0.2) is 28.5 Å². The summed E-state index contributed by atoms with van der Waals surface area (Å²) in [5, 5.41) is 3.91. The third kappa shape index (κ3) is 5.32. The van der Waals surface area contributed by atoms with Gasteiger partial charge in [0.1, 0.15) is 0 Å². The van der Waals surface area contributed by atoms with Crippen molar-refractivity contribution in [2.75, 3.05) is 19.3 Å². The Morgan fingerprint density at radius 3 is 2.80 bits per heavy atom. The van der Waals surface area contributed by atoms with Gasteiger partial charge in [0.15, 0.2) is 0 Å². The molecule has 1 atom stereocenters. The fourth-order valence-electron chi connectivity index (χ4n) is 1.83. The summed E-state index contributed by atoms with van der Waals surface area (Å²) in [5.41, 5.74) is 2.99. The molecule has 0 saturated carbocycles. The van der Waals surface area contributed by atoms with Gasteiger partial charge in [0.05, 0.1) is 21.7 Å². The number of pyridine rings is 1. The van der Waals surface area contributed by atoms with E-state index in [2.05, 4.69) is 21.1 Å². The van der Waals surface area contributed by atoms with E-state index in [0.717, 1.165) is 30.8 Å². The quantitative estimate of drug-likeness (QED) is 0.897. The number of hydrogen-bond acceptors (Lipinski definition) is 3. The molecule has 2 N–H and O–H groups in total. The molecular formula is C14H22ClN3OS. The van der Waals surface area contributed by atoms with Crippen molar-refractivity contribution < 1.29 is 4.21 Å². The van der Waals surface area contributed by atoms with E-state index in [1.165, 1.54) is 5.57 Å². The van der Waals surface area contributed by atoms with Crippen molar-refractivity contribution in [3.05, 3.63) is 34.6 Å². The van der Waals surface area contributed by atoms with Gasteiger partial charge in [0.25, 0.3) is 0 Å². The average Bonchev–Trinajstić information content (AvgIpc) is 2.48. The molecule has 1 aromatic rings. The van der Waals surface area contributed by atoms with Crippen LogP contribution in [0.15, 0.2) is 18.3 Å². The molecule has 1 aliphatic heterocycles. The van der Waals surface area contributed by atoms with Gasteiger partial charge in [-0.25, -0.2) is 8.93 Å². The van der Waals surface area contributed by atoms with Crippen LogP contribution < -0.4 is 10.0 Å². The number of aromatic nitrogens is 1. The topological polar surface area (TPSA) is 54.0 Å². The maximum atomic E-state index is 10.9. The van der Waals surface area contributed by atoms with Crippen LogP contribution in [0.5, 0.6) is 0 Å². The lowest BCUT2D eigenvalue weighted by Crippen LogP contribution is -2.20. The monoisotopic (exact) mass is 315 g/mol. The first-order chi connectivity index (χ1) is 9.66. The highest BCUT2D eigenvalue weighted by molar-refractivity contribution is 7.82. The van der Waals surface area contributed by atoms with Crippen LogP contribution in [0, 0.1) is 0 Å². The predicted octanol–water partition coefficient (Wildman–Crippen LogP) is 2.52. The van der Waals surface area contributed by atoms with Gasteiger partial charge in [0.2, 0.25) is 0 Å². The fraction of sp³-hybridized carbons (Fsp3) is 0.500. The van der Waals surface area contributed by atoms with Gasteiger partial charge in [-0.2, -0.15) is 0 Å². The van der Waals surface area contributed by atoms with E-state index in [4.69, 9.17) is 11.6 Å². The number of nitrogens with one attached hydrogen (secondary N) is 2. The lowest BCUT2D eigenvalue weighted by molar-refractivity contribution is 0.676. The second-order valence-corrected chi connectivity index (χ2v) is 5.74. The fourth-order valence-corrected chi connectivity index (χ4v) is 2.51. The van der Waals surface area contributed by atoms with Crippen LogP contribution in [-0.2, 0) is 17.5 Å². The zero-order valence-electron chi connectivity index (χ0n) is 12.2. The van der Waals surface area contributed by atoms with Crippen molar-refractivity contribution in [1.82, 2.24) is 15.0 Å². The zero-order valence-corrected chi connectivity index (χ0v) is 13.8. The maximum absolute atomic E-state index is 10.9. The first kappa shape index (κ1) is 17.3. The molecule has 0 fully saturated rings. The van der Waals surface area contributed by atoms with E-state index < -0.39 is 11.0 Å². The highest BCUT2D eigenvalue weighted by Gasteiger charge is 2.11. The Labute approximate surface area is 128 Å². The molecule has 0 aromatic carbocycles. The highest BCUT2D eigenvalue weighted by atomic mass is 35.5. The first-order valence-corrected chi connectivity index (χ1v) is 8.72. The molecule has 6 heteroatoms. The summed E-state index contributed by atoms with van der Waals surface area (Å²) in [6.07, 6.45) is 6.45. The van der Waals surface area contributed by atoms with Gasteiger partial charge in [0, 0.05) is 25.5 Å². The first-order valence-electron chi connectivity index (χ1n) is 6.78. The van der Waals surface area contributed by atoms with Crippen LogP contribution in [0.3, 0.4) is 0 Å². The van der Waals surface area contributed by atoms with Crippen LogP contribution in [0.25, 0.3) is 5.57 Å². The van der Waals surface area contributed by atoms with Crippen LogP contribution >= 0.6 is 11.6 Å². The van der Waals surface area contributed by atoms with Crippen molar-refractivity contribution >= 4 is 28.2 Å². The molecule has 20 heavy (non-hydrogen) atoms. The van der Waals surface area contributed by atoms with E-state index in [1.807, 2.05) is 19.9 Å².